The molecule has 2 aromatic carbocycles. The molecule has 0 aliphatic heterocycles. The van der Waals surface area contributed by atoms with Crippen molar-refractivity contribution in [2.75, 3.05) is 12.4 Å². The third kappa shape index (κ3) is 4.17. The Bertz CT molecular complexity index is 1280. The van der Waals surface area contributed by atoms with Crippen LogP contribution in [0.2, 0.25) is 0 Å². The fourth-order valence-electron chi connectivity index (χ4n) is 3.96. The molecule has 4 aromatic rings. The number of anilines is 1. The second-order valence-electron chi connectivity index (χ2n) is 8.06. The van der Waals surface area contributed by atoms with Crippen molar-refractivity contribution in [2.45, 2.75) is 25.2 Å². The Morgan fingerprint density at radius 2 is 1.73 bits per heavy atom. The lowest BCUT2D eigenvalue weighted by Gasteiger charge is -2.18. The van der Waals surface area contributed by atoms with Gasteiger partial charge in [0.1, 0.15) is 23.1 Å². The number of hydrogen-bond donors (Lipinski definition) is 1. The van der Waals surface area contributed by atoms with Gasteiger partial charge in [0.25, 0.3) is 0 Å². The van der Waals surface area contributed by atoms with Crippen LogP contribution >= 0.6 is 0 Å². The van der Waals surface area contributed by atoms with Gasteiger partial charge in [-0.25, -0.2) is 4.98 Å². The molecule has 1 aliphatic rings. The molecule has 0 spiro atoms. The molecule has 1 amide bonds. The number of amides is 1. The zero-order chi connectivity index (χ0) is 22.8. The fraction of sp³-hybridized carbons (Fsp3) is 0.192. The number of nitrogens with zero attached hydrogens (tertiary/aromatic N) is 3. The van der Waals surface area contributed by atoms with E-state index in [9.17, 15) is 4.79 Å². The van der Waals surface area contributed by atoms with E-state index in [1.807, 2.05) is 84.5 Å². The van der Waals surface area contributed by atoms with E-state index in [2.05, 4.69) is 15.3 Å². The number of benzene rings is 2. The maximum Gasteiger partial charge on any atom is 0.235 e. The largest absolute Gasteiger partial charge is 0.496 e. The van der Waals surface area contributed by atoms with Crippen molar-refractivity contribution in [1.29, 1.82) is 0 Å². The van der Waals surface area contributed by atoms with Crippen LogP contribution in [0.3, 0.4) is 0 Å². The third-order valence-electron chi connectivity index (χ3n) is 5.81. The predicted octanol–water partition coefficient (Wildman–Crippen LogP) is 5.05. The predicted molar refractivity (Wildman–Crippen MR) is 125 cm³/mol. The van der Waals surface area contributed by atoms with Crippen LogP contribution in [0.5, 0.6) is 17.4 Å². The summed E-state index contributed by atoms with van der Waals surface area (Å²) in [6, 6.07) is 20.6. The minimum Gasteiger partial charge on any atom is -0.496 e. The zero-order valence-electron chi connectivity index (χ0n) is 18.5. The first-order chi connectivity index (χ1) is 16.1. The first-order valence-corrected chi connectivity index (χ1v) is 10.8. The lowest BCUT2D eigenvalue weighted by atomic mass is 9.94. The Morgan fingerprint density at radius 1 is 1.00 bits per heavy atom. The number of aromatic nitrogens is 3. The summed E-state index contributed by atoms with van der Waals surface area (Å²) in [5.74, 6) is 3.15. The SMILES string of the molecule is COc1ccccc1C1(C(=O)Nc2ccc(Oc3cc(-n4cccc4)nc(C)n3)cc2)CC1. The Labute approximate surface area is 192 Å². The van der Waals surface area contributed by atoms with Crippen LogP contribution in [-0.2, 0) is 10.2 Å². The molecule has 7 heteroatoms. The summed E-state index contributed by atoms with van der Waals surface area (Å²) in [7, 11) is 1.63. The van der Waals surface area contributed by atoms with Crippen molar-refractivity contribution in [3.63, 3.8) is 0 Å². The molecule has 1 fully saturated rings. The minimum absolute atomic E-state index is 0.0246. The van der Waals surface area contributed by atoms with Gasteiger partial charge in [-0.3, -0.25) is 4.79 Å². The van der Waals surface area contributed by atoms with Gasteiger partial charge < -0.3 is 19.4 Å². The highest BCUT2D eigenvalue weighted by molar-refractivity contribution is 6.01. The first kappa shape index (κ1) is 20.8. The fourth-order valence-corrected chi connectivity index (χ4v) is 3.96. The molecule has 1 saturated carbocycles. The summed E-state index contributed by atoms with van der Waals surface area (Å²) in [4.78, 5) is 21.9. The molecule has 2 heterocycles. The molecule has 33 heavy (non-hydrogen) atoms. The molecule has 0 radical (unpaired) electrons. The molecule has 0 bridgehead atoms. The van der Waals surface area contributed by atoms with Crippen molar-refractivity contribution in [3.8, 4) is 23.2 Å². The monoisotopic (exact) mass is 440 g/mol. The van der Waals surface area contributed by atoms with Crippen LogP contribution in [0, 0.1) is 6.92 Å². The summed E-state index contributed by atoms with van der Waals surface area (Å²) < 4.78 is 13.3. The first-order valence-electron chi connectivity index (χ1n) is 10.8. The van der Waals surface area contributed by atoms with Gasteiger partial charge in [-0.15, -0.1) is 0 Å². The van der Waals surface area contributed by atoms with Crippen molar-refractivity contribution < 1.29 is 14.3 Å². The second-order valence-corrected chi connectivity index (χ2v) is 8.06. The van der Waals surface area contributed by atoms with E-state index in [0.717, 1.165) is 30.0 Å². The topological polar surface area (TPSA) is 78.3 Å². The van der Waals surface area contributed by atoms with Crippen molar-refractivity contribution in [3.05, 3.63) is 90.5 Å². The molecule has 0 unspecified atom stereocenters. The number of carbonyl (C=O) groups excluding carboxylic acids is 1. The Hall–Kier alpha value is -4.13. The molecule has 7 nitrogen and oxygen atoms in total. The highest BCUT2D eigenvalue weighted by atomic mass is 16.5. The summed E-state index contributed by atoms with van der Waals surface area (Å²) >= 11 is 0. The number of carbonyl (C=O) groups is 1. The minimum atomic E-state index is -0.533. The van der Waals surface area contributed by atoms with Crippen LogP contribution in [0.25, 0.3) is 5.82 Å². The van der Waals surface area contributed by atoms with Crippen LogP contribution in [0.4, 0.5) is 5.69 Å². The van der Waals surface area contributed by atoms with E-state index < -0.39 is 5.41 Å². The van der Waals surface area contributed by atoms with Gasteiger partial charge in [-0.1, -0.05) is 18.2 Å². The van der Waals surface area contributed by atoms with Crippen molar-refractivity contribution >= 4 is 11.6 Å². The zero-order valence-corrected chi connectivity index (χ0v) is 18.5. The maximum atomic E-state index is 13.1. The number of aryl methyl sites for hydroxylation is 1. The number of hydrogen-bond acceptors (Lipinski definition) is 5. The number of rotatable bonds is 7. The van der Waals surface area contributed by atoms with Gasteiger partial charge in [0.15, 0.2) is 0 Å². The van der Waals surface area contributed by atoms with Gasteiger partial charge in [-0.05, 0) is 62.2 Å². The molecule has 0 atom stereocenters. The smallest absolute Gasteiger partial charge is 0.235 e. The van der Waals surface area contributed by atoms with Gasteiger partial charge in [0.2, 0.25) is 11.8 Å². The lowest BCUT2D eigenvalue weighted by molar-refractivity contribution is -0.118. The number of methoxy groups -OCH3 is 1. The molecule has 1 N–H and O–H groups in total. The van der Waals surface area contributed by atoms with Gasteiger partial charge in [0.05, 0.1) is 12.5 Å². The highest BCUT2D eigenvalue weighted by Crippen LogP contribution is 2.52. The average molecular weight is 441 g/mol. The van der Waals surface area contributed by atoms with Crippen LogP contribution in [0.1, 0.15) is 24.2 Å². The molecule has 5 rings (SSSR count). The van der Waals surface area contributed by atoms with E-state index in [4.69, 9.17) is 9.47 Å². The Balaban J connectivity index is 1.29. The third-order valence-corrected chi connectivity index (χ3v) is 5.81. The molecule has 0 saturated heterocycles. The highest BCUT2D eigenvalue weighted by Gasteiger charge is 2.52. The van der Waals surface area contributed by atoms with Crippen LogP contribution < -0.4 is 14.8 Å². The molecule has 2 aromatic heterocycles. The van der Waals surface area contributed by atoms with Crippen molar-refractivity contribution in [1.82, 2.24) is 14.5 Å². The Morgan fingerprint density at radius 3 is 2.42 bits per heavy atom. The van der Waals surface area contributed by atoms with Crippen LogP contribution in [-0.4, -0.2) is 27.6 Å². The summed E-state index contributed by atoms with van der Waals surface area (Å²) in [6.07, 6.45) is 5.44. The molecule has 166 valence electrons. The van der Waals surface area contributed by atoms with E-state index >= 15 is 0 Å². The molecular formula is C26H24N4O3. The maximum absolute atomic E-state index is 13.1. The summed E-state index contributed by atoms with van der Waals surface area (Å²) in [5.41, 5.74) is 1.11. The standard InChI is InChI=1S/C26H24N4O3/c1-18-27-23(30-15-5-6-16-30)17-24(28-18)33-20-11-9-19(10-12-20)29-25(31)26(13-14-26)21-7-3-4-8-22(21)32-2/h3-12,15-17H,13-14H2,1-2H3,(H,29,31). The lowest BCUT2D eigenvalue weighted by Crippen LogP contribution is -2.28. The van der Waals surface area contributed by atoms with Crippen molar-refractivity contribution in [2.24, 2.45) is 0 Å². The quantitative estimate of drug-likeness (QED) is 0.435. The Kier molecular flexibility index (Phi) is 5.30. The van der Waals surface area contributed by atoms with E-state index in [1.54, 1.807) is 13.2 Å². The number of nitrogens with one attached hydrogen (secondary N) is 1. The van der Waals surface area contributed by atoms with Gasteiger partial charge in [0, 0.05) is 29.7 Å². The normalized spacial score (nSPS) is 13.9. The van der Waals surface area contributed by atoms with E-state index in [1.165, 1.54) is 0 Å². The van der Waals surface area contributed by atoms with Gasteiger partial charge in [-0.2, -0.15) is 4.98 Å². The second kappa shape index (κ2) is 8.43. The molecule has 1 aliphatic carbocycles. The number of para-hydroxylation sites is 1. The van der Waals surface area contributed by atoms with E-state index in [0.29, 0.717) is 23.1 Å². The number of ether oxygens (including phenoxy) is 2. The average Bonchev–Trinajstić information content (AvgIpc) is 3.45. The van der Waals surface area contributed by atoms with Crippen LogP contribution in [0.15, 0.2) is 79.1 Å². The van der Waals surface area contributed by atoms with Gasteiger partial charge >= 0.3 is 0 Å². The van der Waals surface area contributed by atoms with E-state index in [-0.39, 0.29) is 5.91 Å². The summed E-state index contributed by atoms with van der Waals surface area (Å²) in [6.45, 7) is 1.83. The summed E-state index contributed by atoms with van der Waals surface area (Å²) in [5, 5.41) is 3.04. The molecular weight excluding hydrogens is 416 g/mol.